The molecule has 6 nitrogen and oxygen atoms in total. The first-order chi connectivity index (χ1) is 13.0. The fraction of sp³-hybridized carbons (Fsp3) is 0.200. The molecule has 1 N–H and O–H groups in total. The lowest BCUT2D eigenvalue weighted by molar-refractivity contribution is 0.102. The Balaban J connectivity index is 1.82. The standard InChI is InChI=1S/C20H20N2O4S/c1-12-18(14-7-10-16(25-3)17(11-14)26-4)21-20(27-12)22-19(23)13-5-8-15(24-2)9-6-13/h5-11H,1-4H3,(H,21,22,23). The second-order valence-corrected chi connectivity index (χ2v) is 6.88. The van der Waals surface area contributed by atoms with Crippen LogP contribution in [0.25, 0.3) is 11.3 Å². The van der Waals surface area contributed by atoms with Crippen molar-refractivity contribution in [2.24, 2.45) is 0 Å². The number of methoxy groups -OCH3 is 3. The number of carbonyl (C=O) groups excluding carboxylic acids is 1. The monoisotopic (exact) mass is 384 g/mol. The van der Waals surface area contributed by atoms with Gasteiger partial charge in [0.05, 0.1) is 27.0 Å². The Bertz CT molecular complexity index is 951. The maximum Gasteiger partial charge on any atom is 0.257 e. The highest BCUT2D eigenvalue weighted by molar-refractivity contribution is 7.16. The third-order valence-electron chi connectivity index (χ3n) is 4.03. The first-order valence-electron chi connectivity index (χ1n) is 8.21. The molecule has 2 aromatic carbocycles. The van der Waals surface area contributed by atoms with Crippen molar-refractivity contribution in [3.63, 3.8) is 0 Å². The normalized spacial score (nSPS) is 10.4. The van der Waals surface area contributed by atoms with Crippen molar-refractivity contribution < 1.29 is 19.0 Å². The van der Waals surface area contributed by atoms with Crippen LogP contribution in [0.2, 0.25) is 0 Å². The molecule has 0 aliphatic carbocycles. The summed E-state index contributed by atoms with van der Waals surface area (Å²) in [5.74, 6) is 1.77. The maximum atomic E-state index is 12.4. The van der Waals surface area contributed by atoms with Gasteiger partial charge in [-0.05, 0) is 49.4 Å². The fourth-order valence-electron chi connectivity index (χ4n) is 2.61. The molecular weight excluding hydrogens is 364 g/mol. The number of nitrogens with one attached hydrogen (secondary N) is 1. The summed E-state index contributed by atoms with van der Waals surface area (Å²) in [5, 5.41) is 3.39. The zero-order chi connectivity index (χ0) is 19.4. The summed E-state index contributed by atoms with van der Waals surface area (Å²) in [5.41, 5.74) is 2.23. The van der Waals surface area contributed by atoms with Crippen LogP contribution in [-0.4, -0.2) is 32.2 Å². The minimum Gasteiger partial charge on any atom is -0.497 e. The van der Waals surface area contributed by atoms with Crippen molar-refractivity contribution in [3.8, 4) is 28.5 Å². The summed E-state index contributed by atoms with van der Waals surface area (Å²) in [6, 6.07) is 12.5. The van der Waals surface area contributed by atoms with E-state index in [1.807, 2.05) is 25.1 Å². The Morgan fingerprint density at radius 3 is 2.30 bits per heavy atom. The summed E-state index contributed by atoms with van der Waals surface area (Å²) >= 11 is 1.42. The largest absolute Gasteiger partial charge is 0.497 e. The SMILES string of the molecule is COc1ccc(C(=O)Nc2nc(-c3ccc(OC)c(OC)c3)c(C)s2)cc1. The van der Waals surface area contributed by atoms with Crippen molar-refractivity contribution in [1.29, 1.82) is 0 Å². The molecule has 3 aromatic rings. The highest BCUT2D eigenvalue weighted by atomic mass is 32.1. The number of ether oxygens (including phenoxy) is 3. The number of carbonyl (C=O) groups is 1. The number of hydrogen-bond acceptors (Lipinski definition) is 6. The summed E-state index contributed by atoms with van der Waals surface area (Å²) in [6.45, 7) is 1.97. The number of amides is 1. The molecule has 0 radical (unpaired) electrons. The number of aromatic nitrogens is 1. The van der Waals surface area contributed by atoms with E-state index in [0.29, 0.717) is 27.9 Å². The molecule has 0 saturated carbocycles. The molecule has 1 heterocycles. The van der Waals surface area contributed by atoms with Crippen LogP contribution in [-0.2, 0) is 0 Å². The van der Waals surface area contributed by atoms with E-state index in [-0.39, 0.29) is 5.91 Å². The van der Waals surface area contributed by atoms with Crippen LogP contribution in [0.5, 0.6) is 17.2 Å². The van der Waals surface area contributed by atoms with Gasteiger partial charge in [0, 0.05) is 16.0 Å². The average Bonchev–Trinajstić information content (AvgIpc) is 3.07. The first-order valence-corrected chi connectivity index (χ1v) is 9.02. The third-order valence-corrected chi connectivity index (χ3v) is 4.91. The summed E-state index contributed by atoms with van der Waals surface area (Å²) in [7, 11) is 4.78. The van der Waals surface area contributed by atoms with E-state index in [1.165, 1.54) is 11.3 Å². The molecule has 0 spiro atoms. The van der Waals surface area contributed by atoms with Crippen LogP contribution in [0, 0.1) is 6.92 Å². The lowest BCUT2D eigenvalue weighted by Gasteiger charge is -2.08. The molecule has 0 bridgehead atoms. The van der Waals surface area contributed by atoms with Crippen LogP contribution in [0.1, 0.15) is 15.2 Å². The number of nitrogens with zero attached hydrogens (tertiary/aromatic N) is 1. The van der Waals surface area contributed by atoms with Gasteiger partial charge in [-0.1, -0.05) is 0 Å². The van der Waals surface area contributed by atoms with E-state index in [2.05, 4.69) is 10.3 Å². The maximum absolute atomic E-state index is 12.4. The highest BCUT2D eigenvalue weighted by Crippen LogP contribution is 2.36. The quantitative estimate of drug-likeness (QED) is 0.682. The van der Waals surface area contributed by atoms with Crippen LogP contribution in [0.15, 0.2) is 42.5 Å². The summed E-state index contributed by atoms with van der Waals surface area (Å²) < 4.78 is 15.7. The zero-order valence-corrected chi connectivity index (χ0v) is 16.3. The third kappa shape index (κ3) is 4.03. The molecular formula is C20H20N2O4S. The van der Waals surface area contributed by atoms with Gasteiger partial charge in [-0.3, -0.25) is 10.1 Å². The molecule has 0 aliphatic heterocycles. The van der Waals surface area contributed by atoms with Crippen molar-refractivity contribution in [1.82, 2.24) is 4.98 Å². The smallest absolute Gasteiger partial charge is 0.257 e. The van der Waals surface area contributed by atoms with Crippen LogP contribution in [0.4, 0.5) is 5.13 Å². The summed E-state index contributed by atoms with van der Waals surface area (Å²) in [4.78, 5) is 18.0. The van der Waals surface area contributed by atoms with Gasteiger partial charge < -0.3 is 14.2 Å². The molecule has 27 heavy (non-hydrogen) atoms. The predicted octanol–water partition coefficient (Wildman–Crippen LogP) is 4.40. The Kier molecular flexibility index (Phi) is 5.61. The van der Waals surface area contributed by atoms with Gasteiger partial charge in [-0.2, -0.15) is 0 Å². The van der Waals surface area contributed by atoms with E-state index in [0.717, 1.165) is 16.1 Å². The number of hydrogen-bond donors (Lipinski definition) is 1. The second kappa shape index (κ2) is 8.09. The van der Waals surface area contributed by atoms with Crippen LogP contribution >= 0.6 is 11.3 Å². The summed E-state index contributed by atoms with van der Waals surface area (Å²) in [6.07, 6.45) is 0. The van der Waals surface area contributed by atoms with E-state index in [4.69, 9.17) is 14.2 Å². The van der Waals surface area contributed by atoms with Gasteiger partial charge >= 0.3 is 0 Å². The molecule has 1 amide bonds. The lowest BCUT2D eigenvalue weighted by Crippen LogP contribution is -2.11. The van der Waals surface area contributed by atoms with Gasteiger partial charge in [0.1, 0.15) is 5.75 Å². The van der Waals surface area contributed by atoms with Gasteiger partial charge in [0.2, 0.25) is 0 Å². The van der Waals surface area contributed by atoms with Crippen molar-refractivity contribution in [3.05, 3.63) is 52.9 Å². The molecule has 0 fully saturated rings. The number of anilines is 1. The molecule has 0 saturated heterocycles. The van der Waals surface area contributed by atoms with E-state index < -0.39 is 0 Å². The zero-order valence-electron chi connectivity index (χ0n) is 15.5. The molecule has 3 rings (SSSR count). The van der Waals surface area contributed by atoms with Gasteiger partial charge in [-0.15, -0.1) is 11.3 Å². The number of benzene rings is 2. The van der Waals surface area contributed by atoms with E-state index in [1.54, 1.807) is 45.6 Å². The van der Waals surface area contributed by atoms with E-state index >= 15 is 0 Å². The molecule has 140 valence electrons. The highest BCUT2D eigenvalue weighted by Gasteiger charge is 2.15. The van der Waals surface area contributed by atoms with E-state index in [9.17, 15) is 4.79 Å². The minimum atomic E-state index is -0.217. The van der Waals surface area contributed by atoms with Gasteiger partial charge in [0.15, 0.2) is 16.6 Å². The molecule has 1 aromatic heterocycles. The predicted molar refractivity (Wildman–Crippen MR) is 106 cm³/mol. The van der Waals surface area contributed by atoms with Gasteiger partial charge in [-0.25, -0.2) is 4.98 Å². The Morgan fingerprint density at radius 2 is 1.67 bits per heavy atom. The topological polar surface area (TPSA) is 69.7 Å². The van der Waals surface area contributed by atoms with Crippen LogP contribution in [0.3, 0.4) is 0 Å². The number of rotatable bonds is 6. The fourth-order valence-corrected chi connectivity index (χ4v) is 3.44. The lowest BCUT2D eigenvalue weighted by atomic mass is 10.1. The average molecular weight is 384 g/mol. The van der Waals surface area contributed by atoms with Crippen LogP contribution < -0.4 is 19.5 Å². The first kappa shape index (κ1) is 18.7. The molecule has 7 heteroatoms. The molecule has 0 atom stereocenters. The Morgan fingerprint density at radius 1 is 0.963 bits per heavy atom. The molecule has 0 unspecified atom stereocenters. The Hall–Kier alpha value is -3.06. The van der Waals surface area contributed by atoms with Gasteiger partial charge in [0.25, 0.3) is 5.91 Å². The number of thiazole rings is 1. The minimum absolute atomic E-state index is 0.217. The second-order valence-electron chi connectivity index (χ2n) is 5.68. The number of aryl methyl sites for hydroxylation is 1. The van der Waals surface area contributed by atoms with Crippen molar-refractivity contribution in [2.45, 2.75) is 6.92 Å². The Labute approximate surface area is 161 Å². The van der Waals surface area contributed by atoms with Crippen molar-refractivity contribution in [2.75, 3.05) is 26.6 Å². The van der Waals surface area contributed by atoms with Crippen molar-refractivity contribution >= 4 is 22.4 Å². The molecule has 0 aliphatic rings.